The Labute approximate surface area is 268 Å². The molecule has 3 heterocycles. The predicted octanol–water partition coefficient (Wildman–Crippen LogP) is 5.93. The van der Waals surface area contributed by atoms with Gasteiger partial charge in [0.05, 0.1) is 22.9 Å². The van der Waals surface area contributed by atoms with Crippen molar-refractivity contribution in [2.75, 3.05) is 16.8 Å². The number of pyridine rings is 1. The summed E-state index contributed by atoms with van der Waals surface area (Å²) in [5.74, 6) is -1.48. The lowest BCUT2D eigenvalue weighted by molar-refractivity contribution is -0.118. The highest BCUT2D eigenvalue weighted by Gasteiger charge is 2.42. The number of aromatic nitrogens is 1. The molecule has 5 aromatic rings. The molecule has 1 saturated heterocycles. The maximum absolute atomic E-state index is 12.5. The molecular weight excluding hydrogens is 608 g/mol. The average molecular weight is 635 g/mol. The quantitative estimate of drug-likeness (QED) is 0.135. The summed E-state index contributed by atoms with van der Waals surface area (Å²) in [4.78, 5) is 42.3. The zero-order valence-electron chi connectivity index (χ0n) is 24.0. The third-order valence-electron chi connectivity index (χ3n) is 7.27. The predicted molar refractivity (Wildman–Crippen MR) is 173 cm³/mol. The van der Waals surface area contributed by atoms with Gasteiger partial charge in [0, 0.05) is 23.1 Å². The van der Waals surface area contributed by atoms with Crippen LogP contribution in [0.2, 0.25) is 0 Å². The minimum Gasteiger partial charge on any atom is -0.484 e. The molecule has 6 rings (SSSR count). The van der Waals surface area contributed by atoms with Gasteiger partial charge in [-0.15, -0.1) is 0 Å². The van der Waals surface area contributed by atoms with Crippen molar-refractivity contribution in [3.05, 3.63) is 132 Å². The van der Waals surface area contributed by atoms with Crippen molar-refractivity contribution < 1.29 is 33.8 Å². The third kappa shape index (κ3) is 6.42. The highest BCUT2D eigenvalue weighted by Crippen LogP contribution is 2.43. The van der Waals surface area contributed by atoms with Gasteiger partial charge in [0.15, 0.2) is 11.7 Å². The molecule has 0 aliphatic carbocycles. The molecule has 4 N–H and O–H groups in total. The first-order chi connectivity index (χ1) is 22.3. The number of benzene rings is 3. The van der Waals surface area contributed by atoms with Crippen molar-refractivity contribution in [1.82, 2.24) is 10.3 Å². The number of anilines is 2. The zero-order valence-corrected chi connectivity index (χ0v) is 24.8. The molecule has 230 valence electrons. The number of furan rings is 1. The Bertz CT molecular complexity index is 1880. The first-order valence-electron chi connectivity index (χ1n) is 14.1. The lowest BCUT2D eigenvalue weighted by Gasteiger charge is -2.26. The van der Waals surface area contributed by atoms with E-state index in [0.29, 0.717) is 39.3 Å². The van der Waals surface area contributed by atoms with Gasteiger partial charge in [0.25, 0.3) is 5.91 Å². The van der Waals surface area contributed by atoms with Crippen molar-refractivity contribution in [1.29, 1.82) is 0 Å². The van der Waals surface area contributed by atoms with Gasteiger partial charge in [0.1, 0.15) is 23.3 Å². The molecule has 2 aromatic heterocycles. The largest absolute Gasteiger partial charge is 0.484 e. The van der Waals surface area contributed by atoms with Crippen LogP contribution in [0.25, 0.3) is 11.3 Å². The molecule has 0 saturated carbocycles. The van der Waals surface area contributed by atoms with Crippen LogP contribution in [0.5, 0.6) is 5.75 Å². The third-order valence-corrected chi connectivity index (χ3v) is 7.58. The van der Waals surface area contributed by atoms with Crippen LogP contribution in [0.15, 0.2) is 114 Å². The summed E-state index contributed by atoms with van der Waals surface area (Å²) < 4.78 is 11.8. The summed E-state index contributed by atoms with van der Waals surface area (Å²) in [5, 5.41) is 25.7. The van der Waals surface area contributed by atoms with Crippen LogP contribution >= 0.6 is 12.2 Å². The van der Waals surface area contributed by atoms with E-state index in [9.17, 15) is 24.6 Å². The number of nitrogens with one attached hydrogen (secondary N) is 2. The van der Waals surface area contributed by atoms with E-state index in [1.54, 1.807) is 42.6 Å². The summed E-state index contributed by atoms with van der Waals surface area (Å²) in [6.07, 6.45) is 1.68. The average Bonchev–Trinajstić information content (AvgIpc) is 3.69. The molecule has 0 bridgehead atoms. The summed E-state index contributed by atoms with van der Waals surface area (Å²) in [7, 11) is 0. The normalized spacial score (nSPS) is 15.7. The maximum Gasteiger partial charge on any atom is 0.335 e. The van der Waals surface area contributed by atoms with Crippen molar-refractivity contribution in [3.63, 3.8) is 0 Å². The highest BCUT2D eigenvalue weighted by molar-refractivity contribution is 7.80. The minimum atomic E-state index is -1.26. The Morgan fingerprint density at radius 2 is 1.59 bits per heavy atom. The summed E-state index contributed by atoms with van der Waals surface area (Å²) in [5.41, 5.74) is 1.92. The second-order valence-electron chi connectivity index (χ2n) is 10.3. The summed E-state index contributed by atoms with van der Waals surface area (Å²) in [6, 6.07) is 28.0. The molecular formula is C34H26N4O7S. The number of carbonyl (C=O) groups excluding carboxylic acids is 1. The van der Waals surface area contributed by atoms with E-state index < -0.39 is 24.0 Å². The molecule has 2 unspecified atom stereocenters. The molecule has 0 spiro atoms. The number of amides is 1. The van der Waals surface area contributed by atoms with Gasteiger partial charge in [-0.1, -0.05) is 24.3 Å². The smallest absolute Gasteiger partial charge is 0.335 e. The Kier molecular flexibility index (Phi) is 8.44. The van der Waals surface area contributed by atoms with Gasteiger partial charge < -0.3 is 34.9 Å². The van der Waals surface area contributed by atoms with Crippen LogP contribution in [0.1, 0.15) is 44.3 Å². The van der Waals surface area contributed by atoms with Gasteiger partial charge in [-0.3, -0.25) is 9.78 Å². The van der Waals surface area contributed by atoms with Gasteiger partial charge >= 0.3 is 11.9 Å². The number of nitrogens with zero attached hydrogens (tertiary/aromatic N) is 2. The lowest BCUT2D eigenvalue weighted by Crippen LogP contribution is -2.29. The number of rotatable bonds is 10. The molecule has 1 amide bonds. The van der Waals surface area contributed by atoms with Crippen LogP contribution < -0.4 is 20.3 Å². The van der Waals surface area contributed by atoms with Gasteiger partial charge in [0.2, 0.25) is 0 Å². The van der Waals surface area contributed by atoms with Crippen LogP contribution in [0, 0.1) is 0 Å². The van der Waals surface area contributed by atoms with Gasteiger partial charge in [-0.2, -0.15) is 0 Å². The zero-order chi connectivity index (χ0) is 32.2. The number of aromatic carboxylic acids is 2. The second-order valence-corrected chi connectivity index (χ2v) is 10.7. The minimum absolute atomic E-state index is 0.149. The van der Waals surface area contributed by atoms with Crippen LogP contribution in [0.4, 0.5) is 11.4 Å². The number of thiocarbonyl (C=S) groups is 1. The second kappa shape index (κ2) is 12.9. The Morgan fingerprint density at radius 1 is 0.891 bits per heavy atom. The summed E-state index contributed by atoms with van der Waals surface area (Å²) in [6.45, 7) is -0.149. The first kappa shape index (κ1) is 30.0. The topological polar surface area (TPSA) is 154 Å². The number of para-hydroxylation sites is 1. The van der Waals surface area contributed by atoms with Crippen molar-refractivity contribution in [2.24, 2.45) is 0 Å². The first-order valence-corrected chi connectivity index (χ1v) is 14.5. The SMILES string of the molecule is O=C(COc1ccccc1)Nc1ccc(N2C(=S)NC(c3ccccn3)C2c2ccc(-c3cc(C(=O)O)cc(C(=O)O)c3)o2)cc1. The molecule has 46 heavy (non-hydrogen) atoms. The maximum atomic E-state index is 12.5. The van der Waals surface area contributed by atoms with E-state index in [1.807, 2.05) is 53.4 Å². The number of ether oxygens (including phenoxy) is 1. The van der Waals surface area contributed by atoms with E-state index >= 15 is 0 Å². The number of carboxylic acid groups (broad SMARTS) is 2. The van der Waals surface area contributed by atoms with Crippen LogP contribution in [-0.4, -0.2) is 44.8 Å². The number of hydrogen-bond acceptors (Lipinski definition) is 7. The molecule has 1 fully saturated rings. The Balaban J connectivity index is 1.29. The van der Waals surface area contributed by atoms with Gasteiger partial charge in [-0.25, -0.2) is 9.59 Å². The molecule has 12 heteroatoms. The number of carboxylic acids is 2. The van der Waals surface area contributed by atoms with E-state index in [4.69, 9.17) is 21.4 Å². The van der Waals surface area contributed by atoms with E-state index in [2.05, 4.69) is 15.6 Å². The van der Waals surface area contributed by atoms with Crippen molar-refractivity contribution >= 4 is 46.6 Å². The number of hydrogen-bond donors (Lipinski definition) is 4. The fraction of sp³-hybridized carbons (Fsp3) is 0.0882. The Hall–Kier alpha value is -6.01. The van der Waals surface area contributed by atoms with Crippen LogP contribution in [-0.2, 0) is 4.79 Å². The molecule has 11 nitrogen and oxygen atoms in total. The Morgan fingerprint density at radius 3 is 2.24 bits per heavy atom. The molecule has 0 radical (unpaired) electrons. The van der Waals surface area contributed by atoms with Gasteiger partial charge in [-0.05, 0) is 91.1 Å². The highest BCUT2D eigenvalue weighted by atomic mass is 32.1. The molecule has 3 aromatic carbocycles. The van der Waals surface area contributed by atoms with E-state index in [-0.39, 0.29) is 29.4 Å². The molecule has 1 aliphatic rings. The fourth-order valence-electron chi connectivity index (χ4n) is 5.17. The molecule has 1 aliphatic heterocycles. The standard InChI is InChI=1S/C34H26N4O7S/c39-29(19-44-25-6-2-1-3-7-25)36-23-9-11-24(12-10-23)38-31(30(37-34(38)46)26-8-4-5-15-35-26)28-14-13-27(45-28)20-16-21(32(40)41)18-22(17-20)33(42)43/h1-18,30-31H,19H2,(H,36,39)(H,37,46)(H,40,41)(H,42,43). The van der Waals surface area contributed by atoms with E-state index in [0.717, 1.165) is 6.07 Å². The lowest BCUT2D eigenvalue weighted by atomic mass is 10.0. The summed E-state index contributed by atoms with van der Waals surface area (Å²) >= 11 is 5.78. The van der Waals surface area contributed by atoms with E-state index in [1.165, 1.54) is 12.1 Å². The van der Waals surface area contributed by atoms with Crippen LogP contribution in [0.3, 0.4) is 0 Å². The fourth-order valence-corrected chi connectivity index (χ4v) is 5.52. The monoisotopic (exact) mass is 634 g/mol. The van der Waals surface area contributed by atoms with Crippen molar-refractivity contribution in [2.45, 2.75) is 12.1 Å². The number of carbonyl (C=O) groups is 3. The van der Waals surface area contributed by atoms with Crippen molar-refractivity contribution in [3.8, 4) is 17.1 Å². The molecule has 2 atom stereocenters.